The normalized spacial score (nSPS) is 14.0. The van der Waals surface area contributed by atoms with Gasteiger partial charge in [-0.15, -0.1) is 0 Å². The van der Waals surface area contributed by atoms with Gasteiger partial charge in [0.2, 0.25) is 5.95 Å². The third-order valence-corrected chi connectivity index (χ3v) is 1.79. The number of nitrogens with zero attached hydrogens (tertiary/aromatic N) is 2. The Morgan fingerprint density at radius 3 is 3.33 bits per heavy atom. The van der Waals surface area contributed by atoms with Crippen LogP contribution in [-0.2, 0) is 17.8 Å². The van der Waals surface area contributed by atoms with Crippen molar-refractivity contribution in [3.63, 3.8) is 0 Å². The Labute approximate surface area is 69.0 Å². The molecule has 0 aliphatic carbocycles. The number of hydrogen-bond acceptors (Lipinski definition) is 3. The van der Waals surface area contributed by atoms with E-state index in [2.05, 4.69) is 10.3 Å². The maximum absolute atomic E-state index is 10.3. The average Bonchev–Trinajstić information content (AvgIpc) is 2.43. The van der Waals surface area contributed by atoms with Gasteiger partial charge in [0.25, 0.3) is 0 Å². The molecule has 2 N–H and O–H groups in total. The zero-order valence-corrected chi connectivity index (χ0v) is 6.45. The summed E-state index contributed by atoms with van der Waals surface area (Å²) < 4.78 is 1.93. The summed E-state index contributed by atoms with van der Waals surface area (Å²) in [4.78, 5) is 14.4. The lowest BCUT2D eigenvalue weighted by atomic mass is 10.3. The van der Waals surface area contributed by atoms with Gasteiger partial charge in [-0.1, -0.05) is 0 Å². The number of anilines is 1. The molecule has 0 radical (unpaired) electrons. The molecule has 1 aliphatic rings. The molecule has 1 aromatic heterocycles. The third-order valence-electron chi connectivity index (χ3n) is 1.79. The van der Waals surface area contributed by atoms with Crippen LogP contribution in [0.25, 0.3) is 0 Å². The highest BCUT2D eigenvalue weighted by Crippen LogP contribution is 2.13. The van der Waals surface area contributed by atoms with Crippen LogP contribution in [-0.4, -0.2) is 27.2 Å². The van der Waals surface area contributed by atoms with Crippen LogP contribution in [0.4, 0.5) is 5.95 Å². The molecule has 0 amide bonds. The molecule has 5 nitrogen and oxygen atoms in total. The fourth-order valence-corrected chi connectivity index (χ4v) is 1.31. The predicted octanol–water partition coefficient (Wildman–Crippen LogP) is -0.0643. The van der Waals surface area contributed by atoms with Crippen LogP contribution in [0, 0.1) is 0 Å². The number of hydrogen-bond donors (Lipinski definition) is 2. The molecule has 0 spiro atoms. The number of aromatic nitrogens is 2. The van der Waals surface area contributed by atoms with E-state index >= 15 is 0 Å². The van der Waals surface area contributed by atoms with Gasteiger partial charge in [-0.2, -0.15) is 0 Å². The summed E-state index contributed by atoms with van der Waals surface area (Å²) in [7, 11) is 0. The molecule has 64 valence electrons. The summed E-state index contributed by atoms with van der Waals surface area (Å²) in [5.41, 5.74) is 0.615. The second-order valence-electron chi connectivity index (χ2n) is 2.75. The molecule has 1 aromatic rings. The Kier molecular flexibility index (Phi) is 1.49. The van der Waals surface area contributed by atoms with Crippen LogP contribution in [0.15, 0.2) is 6.20 Å². The van der Waals surface area contributed by atoms with E-state index in [1.165, 1.54) is 0 Å². The molecule has 2 heterocycles. The van der Waals surface area contributed by atoms with Gasteiger partial charge in [-0.3, -0.25) is 4.79 Å². The molecule has 12 heavy (non-hydrogen) atoms. The van der Waals surface area contributed by atoms with Crippen molar-refractivity contribution in [2.45, 2.75) is 13.0 Å². The van der Waals surface area contributed by atoms with Gasteiger partial charge in [0.05, 0.1) is 12.1 Å². The van der Waals surface area contributed by atoms with Gasteiger partial charge in [0.1, 0.15) is 0 Å². The zero-order chi connectivity index (χ0) is 8.55. The summed E-state index contributed by atoms with van der Waals surface area (Å²) in [5, 5.41) is 11.5. The SMILES string of the molecule is O=C(O)Cc1cn2c(n1)NCC2. The summed E-state index contributed by atoms with van der Waals surface area (Å²) in [6.45, 7) is 1.76. The monoisotopic (exact) mass is 167 g/mol. The highest BCUT2D eigenvalue weighted by molar-refractivity contribution is 5.69. The standard InChI is InChI=1S/C7H9N3O2/c11-6(12)3-5-4-10-2-1-8-7(10)9-5/h4H,1-3H2,(H,8,9)(H,11,12). The Morgan fingerprint density at radius 1 is 1.83 bits per heavy atom. The lowest BCUT2D eigenvalue weighted by Gasteiger charge is -1.89. The first-order valence-electron chi connectivity index (χ1n) is 3.77. The van der Waals surface area contributed by atoms with Crippen LogP contribution >= 0.6 is 0 Å². The first kappa shape index (κ1) is 7.15. The molecule has 1 aliphatic heterocycles. The number of rotatable bonds is 2. The molecule has 0 bridgehead atoms. The van der Waals surface area contributed by atoms with Crippen molar-refractivity contribution in [1.82, 2.24) is 9.55 Å². The second kappa shape index (κ2) is 2.51. The van der Waals surface area contributed by atoms with E-state index in [1.807, 2.05) is 4.57 Å². The van der Waals surface area contributed by atoms with Crippen molar-refractivity contribution in [3.05, 3.63) is 11.9 Å². The van der Waals surface area contributed by atoms with Crippen LogP contribution < -0.4 is 5.32 Å². The summed E-state index contributed by atoms with van der Waals surface area (Å²) in [6, 6.07) is 0. The highest BCUT2D eigenvalue weighted by atomic mass is 16.4. The van der Waals surface area contributed by atoms with Crippen molar-refractivity contribution in [1.29, 1.82) is 0 Å². The van der Waals surface area contributed by atoms with Gasteiger partial charge in [-0.25, -0.2) is 4.98 Å². The molecule has 2 rings (SSSR count). The van der Waals surface area contributed by atoms with Crippen molar-refractivity contribution in [2.24, 2.45) is 0 Å². The number of nitrogens with one attached hydrogen (secondary N) is 1. The molecule has 0 aromatic carbocycles. The minimum atomic E-state index is -0.841. The first-order valence-corrected chi connectivity index (χ1v) is 3.77. The minimum Gasteiger partial charge on any atom is -0.481 e. The van der Waals surface area contributed by atoms with Gasteiger partial charge < -0.3 is 15.0 Å². The van der Waals surface area contributed by atoms with E-state index in [1.54, 1.807) is 6.20 Å². The van der Waals surface area contributed by atoms with Crippen LogP contribution in [0.3, 0.4) is 0 Å². The fourth-order valence-electron chi connectivity index (χ4n) is 1.31. The van der Waals surface area contributed by atoms with Crippen LogP contribution in [0.5, 0.6) is 0 Å². The first-order chi connectivity index (χ1) is 5.75. The van der Waals surface area contributed by atoms with Gasteiger partial charge >= 0.3 is 5.97 Å². The molecular weight excluding hydrogens is 158 g/mol. The van der Waals surface area contributed by atoms with E-state index in [0.29, 0.717) is 5.69 Å². The second-order valence-corrected chi connectivity index (χ2v) is 2.75. The molecule has 0 unspecified atom stereocenters. The molecule has 5 heteroatoms. The lowest BCUT2D eigenvalue weighted by Crippen LogP contribution is -2.02. The Hall–Kier alpha value is -1.52. The summed E-state index contributed by atoms with van der Waals surface area (Å²) >= 11 is 0. The van der Waals surface area contributed by atoms with Crippen LogP contribution in [0.2, 0.25) is 0 Å². The van der Waals surface area contributed by atoms with Crippen molar-refractivity contribution >= 4 is 11.9 Å². The van der Waals surface area contributed by atoms with Crippen molar-refractivity contribution in [3.8, 4) is 0 Å². The number of carboxylic acids is 1. The molecular formula is C7H9N3O2. The average molecular weight is 167 g/mol. The number of carboxylic acid groups (broad SMARTS) is 1. The van der Waals surface area contributed by atoms with Crippen molar-refractivity contribution in [2.75, 3.05) is 11.9 Å². The Bertz CT molecular complexity index is 297. The Balaban J connectivity index is 2.20. The van der Waals surface area contributed by atoms with E-state index in [9.17, 15) is 4.79 Å². The number of aliphatic carboxylic acids is 1. The summed E-state index contributed by atoms with van der Waals surface area (Å²) in [5.74, 6) is -0.0574. The number of imidazole rings is 1. The maximum atomic E-state index is 10.3. The highest BCUT2D eigenvalue weighted by Gasteiger charge is 2.13. The van der Waals surface area contributed by atoms with E-state index in [4.69, 9.17) is 5.11 Å². The third kappa shape index (κ3) is 1.13. The van der Waals surface area contributed by atoms with Gasteiger partial charge in [-0.05, 0) is 0 Å². The zero-order valence-electron chi connectivity index (χ0n) is 6.45. The molecule has 0 fully saturated rings. The van der Waals surface area contributed by atoms with Crippen molar-refractivity contribution < 1.29 is 9.90 Å². The van der Waals surface area contributed by atoms with Crippen LogP contribution in [0.1, 0.15) is 5.69 Å². The largest absolute Gasteiger partial charge is 0.481 e. The quantitative estimate of drug-likeness (QED) is 0.647. The van der Waals surface area contributed by atoms with Gasteiger partial charge in [0.15, 0.2) is 0 Å². The molecule has 0 atom stereocenters. The fraction of sp³-hybridized carbons (Fsp3) is 0.429. The summed E-state index contributed by atoms with van der Waals surface area (Å²) in [6.07, 6.45) is 1.78. The molecule has 0 saturated carbocycles. The topological polar surface area (TPSA) is 67.1 Å². The van der Waals surface area contributed by atoms with E-state index < -0.39 is 5.97 Å². The smallest absolute Gasteiger partial charge is 0.309 e. The number of carbonyl (C=O) groups is 1. The van der Waals surface area contributed by atoms with E-state index in [0.717, 1.165) is 19.0 Å². The number of fused-ring (bicyclic) bond motifs is 1. The molecule has 0 saturated heterocycles. The Morgan fingerprint density at radius 2 is 2.67 bits per heavy atom. The minimum absolute atomic E-state index is 0.00167. The maximum Gasteiger partial charge on any atom is 0.309 e. The van der Waals surface area contributed by atoms with Gasteiger partial charge in [0, 0.05) is 19.3 Å². The predicted molar refractivity (Wildman–Crippen MR) is 42.1 cm³/mol. The van der Waals surface area contributed by atoms with E-state index in [-0.39, 0.29) is 6.42 Å². The lowest BCUT2D eigenvalue weighted by molar-refractivity contribution is -0.136.